The molecule has 1 heterocycles. The van der Waals surface area contributed by atoms with Crippen molar-refractivity contribution in [3.63, 3.8) is 0 Å². The van der Waals surface area contributed by atoms with Gasteiger partial charge in [-0.2, -0.15) is 0 Å². The van der Waals surface area contributed by atoms with Crippen LogP contribution in [-0.2, 0) is 20.9 Å². The van der Waals surface area contributed by atoms with E-state index < -0.39 is 10.0 Å². The first-order valence-electron chi connectivity index (χ1n) is 7.50. The molecule has 1 aromatic carbocycles. The van der Waals surface area contributed by atoms with Crippen LogP contribution in [-0.4, -0.2) is 13.6 Å². The Morgan fingerprint density at radius 2 is 1.52 bits per heavy atom. The average molecular weight is 336 g/mol. The summed E-state index contributed by atoms with van der Waals surface area (Å²) >= 11 is 0. The van der Waals surface area contributed by atoms with Crippen LogP contribution in [0, 0.1) is 0 Å². The normalized spacial score (nSPS) is 13.1. The Hall–Kier alpha value is -1.82. The maximum atomic E-state index is 12.4. The summed E-state index contributed by atoms with van der Waals surface area (Å²) in [5, 5.41) is 3.78. The molecule has 126 valence electrons. The van der Waals surface area contributed by atoms with Crippen LogP contribution in [0.4, 0.5) is 5.82 Å². The lowest BCUT2D eigenvalue weighted by molar-refractivity contribution is 0.331. The predicted octanol–water partition coefficient (Wildman–Crippen LogP) is 4.07. The third kappa shape index (κ3) is 4.13. The molecule has 23 heavy (non-hydrogen) atoms. The molecule has 1 aromatic heterocycles. The van der Waals surface area contributed by atoms with Gasteiger partial charge in [0, 0.05) is 11.5 Å². The molecule has 2 aromatic rings. The van der Waals surface area contributed by atoms with Crippen LogP contribution >= 0.6 is 0 Å². The van der Waals surface area contributed by atoms with E-state index >= 15 is 0 Å². The highest BCUT2D eigenvalue weighted by molar-refractivity contribution is 7.92. The standard InChI is InChI=1S/C17H24N2O3S/c1-16(2,3)12-7-9-13(10-8-12)23(20,21)19-15-11-14(22-18-15)17(4,5)6/h7-11H,1-6H3,(H,18,19). The van der Waals surface area contributed by atoms with Gasteiger partial charge in [0.15, 0.2) is 5.82 Å². The molecule has 0 aliphatic rings. The zero-order chi connectivity index (χ0) is 17.5. The molecule has 0 amide bonds. The molecule has 0 atom stereocenters. The number of benzene rings is 1. The molecule has 0 saturated carbocycles. The third-order valence-corrected chi connectivity index (χ3v) is 4.89. The van der Waals surface area contributed by atoms with E-state index in [0.717, 1.165) is 5.56 Å². The minimum Gasteiger partial charge on any atom is -0.359 e. The van der Waals surface area contributed by atoms with Gasteiger partial charge in [0.25, 0.3) is 10.0 Å². The van der Waals surface area contributed by atoms with E-state index in [-0.39, 0.29) is 21.5 Å². The Morgan fingerprint density at radius 3 is 1.96 bits per heavy atom. The molecule has 0 spiro atoms. The first kappa shape index (κ1) is 17.5. The lowest BCUT2D eigenvalue weighted by atomic mass is 9.87. The maximum absolute atomic E-state index is 12.4. The molecular formula is C17H24N2O3S. The predicted molar refractivity (Wildman–Crippen MR) is 91.2 cm³/mol. The Balaban J connectivity index is 2.24. The smallest absolute Gasteiger partial charge is 0.263 e. The van der Waals surface area contributed by atoms with Crippen molar-refractivity contribution in [1.82, 2.24) is 5.16 Å². The fourth-order valence-electron chi connectivity index (χ4n) is 2.01. The molecule has 0 aliphatic heterocycles. The molecule has 0 fully saturated rings. The van der Waals surface area contributed by atoms with E-state index in [0.29, 0.717) is 5.76 Å². The van der Waals surface area contributed by atoms with Gasteiger partial charge >= 0.3 is 0 Å². The number of hydrogen-bond donors (Lipinski definition) is 1. The molecule has 0 bridgehead atoms. The van der Waals surface area contributed by atoms with Crippen LogP contribution < -0.4 is 4.72 Å². The molecule has 2 rings (SSSR count). The number of hydrogen-bond acceptors (Lipinski definition) is 4. The third-order valence-electron chi connectivity index (χ3n) is 3.52. The number of nitrogens with one attached hydrogen (secondary N) is 1. The Bertz CT molecular complexity index is 776. The lowest BCUT2D eigenvalue weighted by Crippen LogP contribution is -2.15. The first-order chi connectivity index (χ1) is 10.4. The highest BCUT2D eigenvalue weighted by atomic mass is 32.2. The monoisotopic (exact) mass is 336 g/mol. The van der Waals surface area contributed by atoms with E-state index in [4.69, 9.17) is 4.52 Å². The van der Waals surface area contributed by atoms with Gasteiger partial charge in [-0.05, 0) is 23.1 Å². The first-order valence-corrected chi connectivity index (χ1v) is 8.98. The summed E-state index contributed by atoms with van der Waals surface area (Å²) in [4.78, 5) is 0.200. The van der Waals surface area contributed by atoms with Crippen LogP contribution in [0.25, 0.3) is 0 Å². The molecule has 0 saturated heterocycles. The van der Waals surface area contributed by atoms with Crippen LogP contribution in [0.2, 0.25) is 0 Å². The lowest BCUT2D eigenvalue weighted by Gasteiger charge is -2.19. The summed E-state index contributed by atoms with van der Waals surface area (Å²) in [5.74, 6) is 0.813. The van der Waals surface area contributed by atoms with Crippen molar-refractivity contribution in [2.45, 2.75) is 57.3 Å². The van der Waals surface area contributed by atoms with Crippen LogP contribution in [0.1, 0.15) is 52.9 Å². The Morgan fingerprint density at radius 1 is 0.957 bits per heavy atom. The fourth-order valence-corrected chi connectivity index (χ4v) is 2.99. The van der Waals surface area contributed by atoms with Crippen molar-refractivity contribution >= 4 is 15.8 Å². The van der Waals surface area contributed by atoms with Crippen LogP contribution in [0.3, 0.4) is 0 Å². The van der Waals surface area contributed by atoms with Crippen LogP contribution in [0.15, 0.2) is 39.8 Å². The fraction of sp³-hybridized carbons (Fsp3) is 0.471. The summed E-state index contributed by atoms with van der Waals surface area (Å²) in [6.07, 6.45) is 0. The van der Waals surface area contributed by atoms with E-state index in [2.05, 4.69) is 30.6 Å². The van der Waals surface area contributed by atoms with Gasteiger partial charge in [0.1, 0.15) is 5.76 Å². The van der Waals surface area contributed by atoms with E-state index in [1.807, 2.05) is 32.9 Å². The number of nitrogens with zero attached hydrogens (tertiary/aromatic N) is 1. The second-order valence-corrected chi connectivity index (χ2v) is 9.39. The largest absolute Gasteiger partial charge is 0.359 e. The summed E-state index contributed by atoms with van der Waals surface area (Å²) in [7, 11) is -3.68. The molecule has 1 N–H and O–H groups in total. The summed E-state index contributed by atoms with van der Waals surface area (Å²) in [5.41, 5.74) is 0.821. The second kappa shape index (κ2) is 5.67. The van der Waals surface area contributed by atoms with Gasteiger partial charge in [0.2, 0.25) is 0 Å². The van der Waals surface area contributed by atoms with Crippen molar-refractivity contribution in [1.29, 1.82) is 0 Å². The van der Waals surface area contributed by atoms with Gasteiger partial charge in [-0.15, -0.1) is 0 Å². The van der Waals surface area contributed by atoms with E-state index in [1.165, 1.54) is 0 Å². The summed E-state index contributed by atoms with van der Waals surface area (Å²) in [6, 6.07) is 8.48. The van der Waals surface area contributed by atoms with Crippen molar-refractivity contribution in [3.8, 4) is 0 Å². The van der Waals surface area contributed by atoms with E-state index in [9.17, 15) is 8.42 Å². The second-order valence-electron chi connectivity index (χ2n) is 7.71. The van der Waals surface area contributed by atoms with Gasteiger partial charge in [0.05, 0.1) is 4.90 Å². The maximum Gasteiger partial charge on any atom is 0.263 e. The topological polar surface area (TPSA) is 72.2 Å². The van der Waals surface area contributed by atoms with Crippen molar-refractivity contribution in [2.75, 3.05) is 4.72 Å². The molecule has 0 unspecified atom stereocenters. The molecule has 6 heteroatoms. The summed E-state index contributed by atoms with van der Waals surface area (Å²) in [6.45, 7) is 12.2. The zero-order valence-electron chi connectivity index (χ0n) is 14.5. The SMILES string of the molecule is CC(C)(C)c1ccc(S(=O)(=O)Nc2cc(C(C)(C)C)on2)cc1. The molecule has 5 nitrogen and oxygen atoms in total. The number of aromatic nitrogens is 1. The highest BCUT2D eigenvalue weighted by Crippen LogP contribution is 2.27. The zero-order valence-corrected chi connectivity index (χ0v) is 15.3. The Labute approximate surface area is 138 Å². The molecule has 0 aliphatic carbocycles. The molecule has 0 radical (unpaired) electrons. The minimum absolute atomic E-state index is 0.0244. The van der Waals surface area contributed by atoms with Crippen molar-refractivity contribution < 1.29 is 12.9 Å². The van der Waals surface area contributed by atoms with Crippen molar-refractivity contribution in [2.24, 2.45) is 0 Å². The van der Waals surface area contributed by atoms with Gasteiger partial charge in [-0.1, -0.05) is 58.8 Å². The van der Waals surface area contributed by atoms with E-state index in [1.54, 1.807) is 18.2 Å². The summed E-state index contributed by atoms with van der Waals surface area (Å²) < 4.78 is 32.5. The number of sulfonamides is 1. The quantitative estimate of drug-likeness (QED) is 0.917. The van der Waals surface area contributed by atoms with Gasteiger partial charge < -0.3 is 4.52 Å². The van der Waals surface area contributed by atoms with Gasteiger partial charge in [-0.25, -0.2) is 8.42 Å². The molecular weight excluding hydrogens is 312 g/mol. The minimum atomic E-state index is -3.68. The Kier molecular flexibility index (Phi) is 4.32. The number of rotatable bonds is 3. The average Bonchev–Trinajstić information content (AvgIpc) is 2.85. The number of anilines is 1. The van der Waals surface area contributed by atoms with Crippen molar-refractivity contribution in [3.05, 3.63) is 41.7 Å². The van der Waals surface area contributed by atoms with Crippen LogP contribution in [0.5, 0.6) is 0 Å². The highest BCUT2D eigenvalue weighted by Gasteiger charge is 2.23. The van der Waals surface area contributed by atoms with Gasteiger partial charge in [-0.3, -0.25) is 4.72 Å².